The van der Waals surface area contributed by atoms with Crippen LogP contribution in [0.1, 0.15) is 6.92 Å². The standard InChI is InChI=1S/C11H15N2O2/c1-2-13(11(12)14)8-9-15-10-6-4-3-5-7-10/h4-7H,2,8-9H2,1H3,(H2,12,14). The molecule has 4 nitrogen and oxygen atoms in total. The topological polar surface area (TPSA) is 55.6 Å². The van der Waals surface area contributed by atoms with E-state index in [0.717, 1.165) is 5.75 Å². The number of hydrogen-bond donors (Lipinski definition) is 1. The number of hydrogen-bond acceptors (Lipinski definition) is 2. The molecule has 1 aromatic carbocycles. The van der Waals surface area contributed by atoms with Gasteiger partial charge in [0.1, 0.15) is 12.4 Å². The first-order valence-electron chi connectivity index (χ1n) is 4.87. The van der Waals surface area contributed by atoms with Crippen molar-refractivity contribution >= 4 is 6.03 Å². The van der Waals surface area contributed by atoms with Crippen molar-refractivity contribution < 1.29 is 9.53 Å². The van der Waals surface area contributed by atoms with Gasteiger partial charge in [0.05, 0.1) is 6.54 Å². The van der Waals surface area contributed by atoms with Gasteiger partial charge in [0.2, 0.25) is 0 Å². The van der Waals surface area contributed by atoms with E-state index in [4.69, 9.17) is 10.5 Å². The lowest BCUT2D eigenvalue weighted by Crippen LogP contribution is -2.38. The Labute approximate surface area is 89.6 Å². The highest BCUT2D eigenvalue weighted by molar-refractivity contribution is 5.71. The van der Waals surface area contributed by atoms with Gasteiger partial charge in [-0.15, -0.1) is 0 Å². The quantitative estimate of drug-likeness (QED) is 0.790. The molecule has 0 bridgehead atoms. The van der Waals surface area contributed by atoms with E-state index < -0.39 is 6.03 Å². The van der Waals surface area contributed by atoms with E-state index in [-0.39, 0.29) is 0 Å². The lowest BCUT2D eigenvalue weighted by molar-refractivity contribution is 0.194. The second-order valence-corrected chi connectivity index (χ2v) is 3.00. The lowest BCUT2D eigenvalue weighted by atomic mass is 10.3. The summed E-state index contributed by atoms with van der Waals surface area (Å²) in [5.41, 5.74) is 5.15. The van der Waals surface area contributed by atoms with Crippen molar-refractivity contribution in [3.05, 3.63) is 30.3 Å². The summed E-state index contributed by atoms with van der Waals surface area (Å²) in [4.78, 5) is 12.4. The summed E-state index contributed by atoms with van der Waals surface area (Å²) in [6, 6.07) is 9.68. The first kappa shape index (κ1) is 11.4. The van der Waals surface area contributed by atoms with Crippen LogP contribution in [-0.4, -0.2) is 30.6 Å². The van der Waals surface area contributed by atoms with Crippen LogP contribution in [0.5, 0.6) is 5.75 Å². The van der Waals surface area contributed by atoms with Crippen molar-refractivity contribution in [3.63, 3.8) is 0 Å². The Hall–Kier alpha value is -1.71. The summed E-state index contributed by atoms with van der Waals surface area (Å²) in [6.07, 6.45) is 0. The molecule has 0 aliphatic carbocycles. The number of urea groups is 1. The molecule has 0 atom stereocenters. The molecule has 0 unspecified atom stereocenters. The van der Waals surface area contributed by atoms with Crippen molar-refractivity contribution in [2.45, 2.75) is 6.92 Å². The molecule has 0 saturated carbocycles. The van der Waals surface area contributed by atoms with Crippen LogP contribution in [0.4, 0.5) is 4.79 Å². The first-order chi connectivity index (χ1) is 7.24. The van der Waals surface area contributed by atoms with Crippen LogP contribution in [0.3, 0.4) is 0 Å². The Bertz CT molecular complexity index is 301. The van der Waals surface area contributed by atoms with Gasteiger partial charge >= 0.3 is 6.03 Å². The Morgan fingerprint density at radius 1 is 1.53 bits per heavy atom. The van der Waals surface area contributed by atoms with Crippen molar-refractivity contribution in [2.24, 2.45) is 5.73 Å². The largest absolute Gasteiger partial charge is 0.492 e. The lowest BCUT2D eigenvalue weighted by Gasteiger charge is -2.18. The molecule has 81 valence electrons. The zero-order valence-electron chi connectivity index (χ0n) is 8.77. The van der Waals surface area contributed by atoms with Crippen LogP contribution in [0.15, 0.2) is 24.3 Å². The van der Waals surface area contributed by atoms with Crippen LogP contribution in [0.25, 0.3) is 0 Å². The summed E-state index contributed by atoms with van der Waals surface area (Å²) >= 11 is 0. The minimum Gasteiger partial charge on any atom is -0.492 e. The highest BCUT2D eigenvalue weighted by Crippen LogP contribution is 2.07. The zero-order chi connectivity index (χ0) is 11.1. The minimum atomic E-state index is -0.414. The first-order valence-corrected chi connectivity index (χ1v) is 4.87. The number of nitrogens with zero attached hydrogens (tertiary/aromatic N) is 1. The molecule has 0 spiro atoms. The Kier molecular flexibility index (Phi) is 4.47. The summed E-state index contributed by atoms with van der Waals surface area (Å²) in [5.74, 6) is 0.772. The predicted molar refractivity (Wildman–Crippen MR) is 57.6 cm³/mol. The van der Waals surface area contributed by atoms with Crippen molar-refractivity contribution in [1.29, 1.82) is 0 Å². The molecule has 2 amide bonds. The third-order valence-electron chi connectivity index (χ3n) is 2.01. The van der Waals surface area contributed by atoms with E-state index in [1.165, 1.54) is 4.90 Å². The predicted octanol–water partition coefficient (Wildman–Crippen LogP) is 1.27. The molecule has 15 heavy (non-hydrogen) atoms. The highest BCUT2D eigenvalue weighted by Gasteiger charge is 2.05. The molecule has 0 aliphatic heterocycles. The van der Waals surface area contributed by atoms with Gasteiger partial charge in [-0.2, -0.15) is 0 Å². The molecule has 0 saturated heterocycles. The van der Waals surface area contributed by atoms with Crippen LogP contribution in [-0.2, 0) is 0 Å². The zero-order valence-corrected chi connectivity index (χ0v) is 8.77. The third-order valence-corrected chi connectivity index (χ3v) is 2.01. The fourth-order valence-corrected chi connectivity index (χ4v) is 1.17. The van der Waals surface area contributed by atoms with Gasteiger partial charge in [0, 0.05) is 6.54 Å². The summed E-state index contributed by atoms with van der Waals surface area (Å²) < 4.78 is 5.42. The van der Waals surface area contributed by atoms with E-state index in [0.29, 0.717) is 19.7 Å². The maximum Gasteiger partial charge on any atom is 0.314 e. The molecule has 0 fully saturated rings. The van der Waals surface area contributed by atoms with Crippen LogP contribution < -0.4 is 10.5 Å². The maximum absolute atomic E-state index is 10.9. The molecule has 1 aromatic rings. The highest BCUT2D eigenvalue weighted by atomic mass is 16.5. The number of amides is 2. The smallest absolute Gasteiger partial charge is 0.314 e. The summed E-state index contributed by atoms with van der Waals surface area (Å²) in [6.45, 7) is 3.43. The fourth-order valence-electron chi connectivity index (χ4n) is 1.17. The molecule has 0 heterocycles. The number of benzene rings is 1. The maximum atomic E-state index is 10.9. The Balaban J connectivity index is 2.30. The van der Waals surface area contributed by atoms with Gasteiger partial charge in [-0.1, -0.05) is 12.1 Å². The van der Waals surface area contributed by atoms with Crippen molar-refractivity contribution in [2.75, 3.05) is 19.7 Å². The van der Waals surface area contributed by atoms with E-state index >= 15 is 0 Å². The van der Waals surface area contributed by atoms with Crippen LogP contribution in [0, 0.1) is 6.07 Å². The van der Waals surface area contributed by atoms with E-state index in [1.807, 2.05) is 19.1 Å². The average molecular weight is 207 g/mol. The number of carbonyl (C=O) groups is 1. The van der Waals surface area contributed by atoms with Gasteiger partial charge in [-0.05, 0) is 25.1 Å². The van der Waals surface area contributed by atoms with Gasteiger partial charge in [0.15, 0.2) is 0 Å². The molecule has 4 heteroatoms. The fraction of sp³-hybridized carbons (Fsp3) is 0.364. The van der Waals surface area contributed by atoms with Gasteiger partial charge in [-0.3, -0.25) is 0 Å². The van der Waals surface area contributed by atoms with Gasteiger partial charge in [-0.25, -0.2) is 4.79 Å². The molecular formula is C11H15N2O2. The molecular weight excluding hydrogens is 192 g/mol. The Morgan fingerprint density at radius 3 is 2.73 bits per heavy atom. The van der Waals surface area contributed by atoms with Crippen molar-refractivity contribution in [3.8, 4) is 5.75 Å². The molecule has 0 aliphatic rings. The normalized spacial score (nSPS) is 9.67. The number of nitrogens with two attached hydrogens (primary N) is 1. The van der Waals surface area contributed by atoms with E-state index in [2.05, 4.69) is 6.07 Å². The summed E-state index contributed by atoms with van der Waals surface area (Å²) in [5, 5.41) is 0. The van der Waals surface area contributed by atoms with Crippen LogP contribution in [0.2, 0.25) is 0 Å². The molecule has 0 aromatic heterocycles. The Morgan fingerprint density at radius 2 is 2.20 bits per heavy atom. The molecule has 1 rings (SSSR count). The van der Waals surface area contributed by atoms with Gasteiger partial charge in [0.25, 0.3) is 0 Å². The number of carbonyl (C=O) groups excluding carboxylic acids is 1. The third kappa shape index (κ3) is 3.89. The number of likely N-dealkylation sites (N-methyl/N-ethyl adjacent to an activating group) is 1. The molecule has 1 radical (unpaired) electrons. The SMILES string of the molecule is CCN(CCOc1cc[c]cc1)C(N)=O. The number of ether oxygens (including phenoxy) is 1. The number of primary amides is 1. The monoisotopic (exact) mass is 207 g/mol. The second kappa shape index (κ2) is 5.90. The number of rotatable bonds is 5. The molecule has 2 N–H and O–H groups in total. The van der Waals surface area contributed by atoms with Crippen LogP contribution >= 0.6 is 0 Å². The average Bonchev–Trinajstić information content (AvgIpc) is 2.25. The summed E-state index contributed by atoms with van der Waals surface area (Å²) in [7, 11) is 0. The minimum absolute atomic E-state index is 0.414. The van der Waals surface area contributed by atoms with Crippen molar-refractivity contribution in [1.82, 2.24) is 4.90 Å². The van der Waals surface area contributed by atoms with E-state index in [9.17, 15) is 4.79 Å². The van der Waals surface area contributed by atoms with Gasteiger partial charge < -0.3 is 15.4 Å². The second-order valence-electron chi connectivity index (χ2n) is 3.00. The van der Waals surface area contributed by atoms with E-state index in [1.54, 1.807) is 12.1 Å².